The highest BCUT2D eigenvalue weighted by Crippen LogP contribution is 2.22. The van der Waals surface area contributed by atoms with Gasteiger partial charge in [0, 0.05) is 0 Å². The van der Waals surface area contributed by atoms with Gasteiger partial charge in [0.25, 0.3) is 0 Å². The van der Waals surface area contributed by atoms with Gasteiger partial charge in [-0.25, -0.2) is 4.39 Å². The van der Waals surface area contributed by atoms with Crippen molar-refractivity contribution in [1.82, 2.24) is 0 Å². The van der Waals surface area contributed by atoms with Crippen molar-refractivity contribution < 1.29 is 4.39 Å². The first-order valence-electron chi connectivity index (χ1n) is 5.17. The van der Waals surface area contributed by atoms with E-state index in [0.717, 1.165) is 30.4 Å². The molecule has 0 radical (unpaired) electrons. The summed E-state index contributed by atoms with van der Waals surface area (Å²) in [7, 11) is 0. The fourth-order valence-electron chi connectivity index (χ4n) is 1.61. The Hall–Kier alpha value is -0.890. The predicted octanol–water partition coefficient (Wildman–Crippen LogP) is 3.00. The van der Waals surface area contributed by atoms with E-state index in [0.29, 0.717) is 6.54 Å². The zero-order valence-corrected chi connectivity index (χ0v) is 8.67. The lowest BCUT2D eigenvalue weighted by atomic mass is 9.99. The van der Waals surface area contributed by atoms with Crippen molar-refractivity contribution in [3.63, 3.8) is 0 Å². The molecule has 0 spiro atoms. The zero-order chi connectivity index (χ0) is 10.4. The SMILES string of the molecule is CC(F)c1ccccc1CCCCN. The van der Waals surface area contributed by atoms with Crippen LogP contribution in [0.3, 0.4) is 0 Å². The molecule has 0 aliphatic heterocycles. The summed E-state index contributed by atoms with van der Waals surface area (Å²) in [5.74, 6) is 0. The van der Waals surface area contributed by atoms with Crippen LogP contribution in [0.25, 0.3) is 0 Å². The third kappa shape index (κ3) is 3.11. The van der Waals surface area contributed by atoms with E-state index < -0.39 is 6.17 Å². The molecular weight excluding hydrogens is 177 g/mol. The van der Waals surface area contributed by atoms with Gasteiger partial charge >= 0.3 is 0 Å². The molecule has 0 saturated carbocycles. The Balaban J connectivity index is 2.64. The van der Waals surface area contributed by atoms with Crippen molar-refractivity contribution in [2.45, 2.75) is 32.4 Å². The lowest BCUT2D eigenvalue weighted by molar-refractivity contribution is 0.371. The molecule has 2 heteroatoms. The maximum atomic E-state index is 13.2. The number of halogens is 1. The third-order valence-electron chi connectivity index (χ3n) is 2.38. The smallest absolute Gasteiger partial charge is 0.123 e. The van der Waals surface area contributed by atoms with E-state index in [-0.39, 0.29) is 0 Å². The van der Waals surface area contributed by atoms with Crippen LogP contribution in [0.4, 0.5) is 4.39 Å². The van der Waals surface area contributed by atoms with Gasteiger partial charge in [-0.1, -0.05) is 24.3 Å². The quantitative estimate of drug-likeness (QED) is 0.718. The van der Waals surface area contributed by atoms with Crippen LogP contribution in [0, 0.1) is 0 Å². The van der Waals surface area contributed by atoms with Crippen molar-refractivity contribution in [2.24, 2.45) is 5.73 Å². The second-order valence-corrected chi connectivity index (χ2v) is 3.56. The highest BCUT2D eigenvalue weighted by molar-refractivity contribution is 5.28. The van der Waals surface area contributed by atoms with Gasteiger partial charge in [-0.2, -0.15) is 0 Å². The van der Waals surface area contributed by atoms with E-state index in [1.54, 1.807) is 6.92 Å². The number of unbranched alkanes of at least 4 members (excludes halogenated alkanes) is 1. The average Bonchev–Trinajstić information content (AvgIpc) is 2.19. The summed E-state index contributed by atoms with van der Waals surface area (Å²) in [5.41, 5.74) is 7.36. The molecule has 2 N–H and O–H groups in total. The van der Waals surface area contributed by atoms with Gasteiger partial charge in [-0.05, 0) is 43.9 Å². The lowest BCUT2D eigenvalue weighted by Gasteiger charge is -2.09. The van der Waals surface area contributed by atoms with Gasteiger partial charge in [-0.15, -0.1) is 0 Å². The number of hydrogen-bond acceptors (Lipinski definition) is 1. The molecule has 0 aliphatic carbocycles. The molecule has 1 aromatic rings. The summed E-state index contributed by atoms with van der Waals surface area (Å²) in [6, 6.07) is 7.71. The Morgan fingerprint density at radius 3 is 2.64 bits per heavy atom. The summed E-state index contributed by atoms with van der Waals surface area (Å²) in [5, 5.41) is 0. The van der Waals surface area contributed by atoms with Crippen molar-refractivity contribution in [2.75, 3.05) is 6.54 Å². The van der Waals surface area contributed by atoms with Gasteiger partial charge in [0.2, 0.25) is 0 Å². The fourth-order valence-corrected chi connectivity index (χ4v) is 1.61. The van der Waals surface area contributed by atoms with Crippen LogP contribution < -0.4 is 5.73 Å². The molecule has 0 amide bonds. The Morgan fingerprint density at radius 2 is 2.00 bits per heavy atom. The summed E-state index contributed by atoms with van der Waals surface area (Å²) in [4.78, 5) is 0. The van der Waals surface area contributed by atoms with E-state index in [1.165, 1.54) is 0 Å². The molecule has 1 aromatic carbocycles. The van der Waals surface area contributed by atoms with Gasteiger partial charge in [-0.3, -0.25) is 0 Å². The van der Waals surface area contributed by atoms with Crippen molar-refractivity contribution in [3.05, 3.63) is 35.4 Å². The van der Waals surface area contributed by atoms with Crippen LogP contribution in [0.2, 0.25) is 0 Å². The van der Waals surface area contributed by atoms with Gasteiger partial charge < -0.3 is 5.73 Å². The molecule has 14 heavy (non-hydrogen) atoms. The van der Waals surface area contributed by atoms with E-state index in [9.17, 15) is 4.39 Å². The molecule has 1 atom stereocenters. The molecular formula is C12H18FN. The lowest BCUT2D eigenvalue weighted by Crippen LogP contribution is -2.00. The Labute approximate surface area is 85.1 Å². The number of alkyl halides is 1. The molecule has 0 aliphatic rings. The molecule has 0 heterocycles. The topological polar surface area (TPSA) is 26.0 Å². The first-order chi connectivity index (χ1) is 6.75. The summed E-state index contributed by atoms with van der Waals surface area (Å²) < 4.78 is 13.2. The van der Waals surface area contributed by atoms with E-state index in [4.69, 9.17) is 5.73 Å². The molecule has 1 unspecified atom stereocenters. The number of benzene rings is 1. The first kappa shape index (κ1) is 11.2. The highest BCUT2D eigenvalue weighted by Gasteiger charge is 2.07. The second kappa shape index (κ2) is 5.76. The summed E-state index contributed by atoms with van der Waals surface area (Å²) in [6.07, 6.45) is 2.11. The van der Waals surface area contributed by atoms with Crippen LogP contribution in [0.1, 0.15) is 37.1 Å². The van der Waals surface area contributed by atoms with Crippen molar-refractivity contribution >= 4 is 0 Å². The highest BCUT2D eigenvalue weighted by atomic mass is 19.1. The van der Waals surface area contributed by atoms with Gasteiger partial charge in [0.15, 0.2) is 0 Å². The van der Waals surface area contributed by atoms with Crippen LogP contribution in [0.5, 0.6) is 0 Å². The fraction of sp³-hybridized carbons (Fsp3) is 0.500. The summed E-state index contributed by atoms with van der Waals surface area (Å²) >= 11 is 0. The van der Waals surface area contributed by atoms with Crippen LogP contribution in [0.15, 0.2) is 24.3 Å². The minimum absolute atomic E-state index is 0.716. The van der Waals surface area contributed by atoms with Crippen LogP contribution in [-0.2, 0) is 6.42 Å². The normalized spacial score (nSPS) is 12.8. The van der Waals surface area contributed by atoms with E-state index >= 15 is 0 Å². The Bertz CT molecular complexity index is 271. The van der Waals surface area contributed by atoms with E-state index in [2.05, 4.69) is 0 Å². The van der Waals surface area contributed by atoms with E-state index in [1.807, 2.05) is 24.3 Å². The molecule has 1 rings (SSSR count). The molecule has 78 valence electrons. The Kier molecular flexibility index (Phi) is 4.60. The van der Waals surface area contributed by atoms with Gasteiger partial charge in [0.1, 0.15) is 6.17 Å². The molecule has 0 aromatic heterocycles. The molecule has 1 nitrogen and oxygen atoms in total. The average molecular weight is 195 g/mol. The van der Waals surface area contributed by atoms with Crippen LogP contribution in [-0.4, -0.2) is 6.54 Å². The Morgan fingerprint density at radius 1 is 1.29 bits per heavy atom. The molecule has 0 bridgehead atoms. The summed E-state index contributed by atoms with van der Waals surface area (Å²) in [6.45, 7) is 2.30. The number of rotatable bonds is 5. The van der Waals surface area contributed by atoms with Crippen LogP contribution >= 0.6 is 0 Å². The monoisotopic (exact) mass is 195 g/mol. The number of aryl methyl sites for hydroxylation is 1. The van der Waals surface area contributed by atoms with Gasteiger partial charge in [0.05, 0.1) is 0 Å². The zero-order valence-electron chi connectivity index (χ0n) is 8.67. The maximum Gasteiger partial charge on any atom is 0.123 e. The maximum absolute atomic E-state index is 13.2. The molecule has 0 saturated heterocycles. The largest absolute Gasteiger partial charge is 0.330 e. The minimum Gasteiger partial charge on any atom is -0.330 e. The molecule has 0 fully saturated rings. The second-order valence-electron chi connectivity index (χ2n) is 3.56. The minimum atomic E-state index is -0.871. The van der Waals surface area contributed by atoms with Crippen molar-refractivity contribution in [3.8, 4) is 0 Å². The number of nitrogens with two attached hydrogens (primary N) is 1. The third-order valence-corrected chi connectivity index (χ3v) is 2.38. The number of hydrogen-bond donors (Lipinski definition) is 1. The first-order valence-corrected chi connectivity index (χ1v) is 5.17. The van der Waals surface area contributed by atoms with Crippen molar-refractivity contribution in [1.29, 1.82) is 0 Å². The predicted molar refractivity (Wildman–Crippen MR) is 58.0 cm³/mol. The standard InChI is InChI=1S/C12H18FN/c1-10(13)12-8-3-2-6-11(12)7-4-5-9-14/h2-3,6,8,10H,4-5,7,9,14H2,1H3.